The number of morpholine rings is 1. The van der Waals surface area contributed by atoms with Crippen molar-refractivity contribution < 1.29 is 19.1 Å². The standard InChI is InChI=1S/C17H24N2O4/c1-12(2)15(17(21)19-8-10-23-11-9-19)18-16(20)13-4-6-14(22-3)7-5-13/h4-7,12,15H,8-11H2,1-3H3,(H,18,20)/t15-/m0/s1. The predicted molar refractivity (Wildman–Crippen MR) is 86.5 cm³/mol. The molecule has 2 rings (SSSR count). The highest BCUT2D eigenvalue weighted by molar-refractivity contribution is 5.97. The van der Waals surface area contributed by atoms with Gasteiger partial charge in [0.05, 0.1) is 20.3 Å². The maximum absolute atomic E-state index is 12.6. The Labute approximate surface area is 136 Å². The SMILES string of the molecule is COc1ccc(C(=O)N[C@H](C(=O)N2CCOCC2)C(C)C)cc1. The van der Waals surface area contributed by atoms with Crippen molar-refractivity contribution in [1.82, 2.24) is 10.2 Å². The van der Waals surface area contributed by atoms with Gasteiger partial charge in [0.15, 0.2) is 0 Å². The Bertz CT molecular complexity index is 536. The quantitative estimate of drug-likeness (QED) is 0.888. The molecule has 6 heteroatoms. The first-order valence-corrected chi connectivity index (χ1v) is 7.84. The van der Waals surface area contributed by atoms with E-state index in [0.29, 0.717) is 37.6 Å². The molecule has 6 nitrogen and oxygen atoms in total. The van der Waals surface area contributed by atoms with Crippen LogP contribution in [0.15, 0.2) is 24.3 Å². The maximum Gasteiger partial charge on any atom is 0.251 e. The number of nitrogens with zero attached hydrogens (tertiary/aromatic N) is 1. The Morgan fingerprint density at radius 1 is 1.17 bits per heavy atom. The summed E-state index contributed by atoms with van der Waals surface area (Å²) in [5.74, 6) is 0.386. The van der Waals surface area contributed by atoms with Gasteiger partial charge in [0.1, 0.15) is 11.8 Å². The van der Waals surface area contributed by atoms with Crippen molar-refractivity contribution in [2.24, 2.45) is 5.92 Å². The molecular weight excluding hydrogens is 296 g/mol. The topological polar surface area (TPSA) is 67.9 Å². The highest BCUT2D eigenvalue weighted by Crippen LogP contribution is 2.13. The normalized spacial score (nSPS) is 16.1. The smallest absolute Gasteiger partial charge is 0.251 e. The maximum atomic E-state index is 12.6. The summed E-state index contributed by atoms with van der Waals surface area (Å²) in [6.45, 7) is 6.08. The summed E-state index contributed by atoms with van der Waals surface area (Å²) >= 11 is 0. The van der Waals surface area contributed by atoms with Crippen LogP contribution in [0.2, 0.25) is 0 Å². The number of hydrogen-bond acceptors (Lipinski definition) is 4. The Morgan fingerprint density at radius 2 is 1.78 bits per heavy atom. The lowest BCUT2D eigenvalue weighted by Crippen LogP contribution is -2.53. The molecule has 1 N–H and O–H groups in total. The Kier molecular flexibility index (Phi) is 5.98. The van der Waals surface area contributed by atoms with E-state index in [1.807, 2.05) is 13.8 Å². The first kappa shape index (κ1) is 17.3. The fourth-order valence-electron chi connectivity index (χ4n) is 2.46. The number of rotatable bonds is 5. The Morgan fingerprint density at radius 3 is 2.30 bits per heavy atom. The van der Waals surface area contributed by atoms with Crippen LogP contribution in [0.25, 0.3) is 0 Å². The number of methoxy groups -OCH3 is 1. The van der Waals surface area contributed by atoms with Crippen molar-refractivity contribution >= 4 is 11.8 Å². The van der Waals surface area contributed by atoms with Gasteiger partial charge in [-0.1, -0.05) is 13.8 Å². The number of carbonyl (C=O) groups excluding carboxylic acids is 2. The molecule has 0 aliphatic carbocycles. The Balaban J connectivity index is 2.05. The van der Waals surface area contributed by atoms with Crippen LogP contribution in [-0.2, 0) is 9.53 Å². The zero-order valence-corrected chi connectivity index (χ0v) is 13.9. The van der Waals surface area contributed by atoms with E-state index < -0.39 is 6.04 Å². The van der Waals surface area contributed by atoms with E-state index in [1.165, 1.54) is 0 Å². The van der Waals surface area contributed by atoms with Crippen LogP contribution in [0.4, 0.5) is 0 Å². The van der Waals surface area contributed by atoms with Gasteiger partial charge in [-0.05, 0) is 30.2 Å². The largest absolute Gasteiger partial charge is 0.497 e. The number of hydrogen-bond donors (Lipinski definition) is 1. The average Bonchev–Trinajstić information content (AvgIpc) is 2.59. The molecule has 23 heavy (non-hydrogen) atoms. The molecule has 1 aromatic carbocycles. The van der Waals surface area contributed by atoms with Crippen LogP contribution in [0.3, 0.4) is 0 Å². The summed E-state index contributed by atoms with van der Waals surface area (Å²) in [5.41, 5.74) is 0.506. The van der Waals surface area contributed by atoms with Gasteiger partial charge in [-0.3, -0.25) is 9.59 Å². The zero-order valence-electron chi connectivity index (χ0n) is 13.9. The summed E-state index contributed by atoms with van der Waals surface area (Å²) in [4.78, 5) is 26.8. The third-order valence-corrected chi connectivity index (χ3v) is 3.89. The van der Waals surface area contributed by atoms with Gasteiger partial charge >= 0.3 is 0 Å². The lowest BCUT2D eigenvalue weighted by atomic mass is 10.0. The molecule has 1 atom stereocenters. The lowest BCUT2D eigenvalue weighted by molar-refractivity contribution is -0.138. The fourth-order valence-corrected chi connectivity index (χ4v) is 2.46. The van der Waals surface area contributed by atoms with E-state index in [1.54, 1.807) is 36.3 Å². The van der Waals surface area contributed by atoms with Crippen molar-refractivity contribution in [3.05, 3.63) is 29.8 Å². The van der Waals surface area contributed by atoms with Crippen LogP contribution in [-0.4, -0.2) is 56.2 Å². The second kappa shape index (κ2) is 7.97. The summed E-state index contributed by atoms with van der Waals surface area (Å²) in [7, 11) is 1.57. The summed E-state index contributed by atoms with van der Waals surface area (Å²) in [6, 6.07) is 6.28. The van der Waals surface area contributed by atoms with Gasteiger partial charge in [0, 0.05) is 18.7 Å². The molecule has 0 radical (unpaired) electrons. The molecule has 1 heterocycles. The molecule has 1 aromatic rings. The molecule has 0 aromatic heterocycles. The van der Waals surface area contributed by atoms with Crippen molar-refractivity contribution in [1.29, 1.82) is 0 Å². The van der Waals surface area contributed by atoms with E-state index in [-0.39, 0.29) is 17.7 Å². The van der Waals surface area contributed by atoms with E-state index >= 15 is 0 Å². The number of amides is 2. The van der Waals surface area contributed by atoms with Gasteiger partial charge < -0.3 is 19.7 Å². The molecule has 1 fully saturated rings. The first-order valence-electron chi connectivity index (χ1n) is 7.84. The van der Waals surface area contributed by atoms with Gasteiger partial charge in [-0.2, -0.15) is 0 Å². The molecular formula is C17H24N2O4. The van der Waals surface area contributed by atoms with Gasteiger partial charge in [0.2, 0.25) is 5.91 Å². The second-order valence-electron chi connectivity index (χ2n) is 5.86. The third kappa shape index (κ3) is 4.45. The Hall–Kier alpha value is -2.08. The molecule has 1 aliphatic rings. The first-order chi connectivity index (χ1) is 11.0. The third-order valence-electron chi connectivity index (χ3n) is 3.89. The summed E-state index contributed by atoms with van der Waals surface area (Å²) < 4.78 is 10.4. The monoisotopic (exact) mass is 320 g/mol. The van der Waals surface area contributed by atoms with Gasteiger partial charge in [0.25, 0.3) is 5.91 Å². The summed E-state index contributed by atoms with van der Waals surface area (Å²) in [5, 5.41) is 2.86. The fraction of sp³-hybridized carbons (Fsp3) is 0.529. The van der Waals surface area contributed by atoms with Crippen LogP contribution < -0.4 is 10.1 Å². The predicted octanol–water partition coefficient (Wildman–Crippen LogP) is 1.31. The van der Waals surface area contributed by atoms with Crippen molar-refractivity contribution in [3.8, 4) is 5.75 Å². The lowest BCUT2D eigenvalue weighted by Gasteiger charge is -2.32. The van der Waals surface area contributed by atoms with Crippen LogP contribution >= 0.6 is 0 Å². The van der Waals surface area contributed by atoms with E-state index in [2.05, 4.69) is 5.32 Å². The average molecular weight is 320 g/mol. The van der Waals surface area contributed by atoms with Crippen LogP contribution in [0.1, 0.15) is 24.2 Å². The highest BCUT2D eigenvalue weighted by atomic mass is 16.5. The van der Waals surface area contributed by atoms with Crippen LogP contribution in [0, 0.1) is 5.92 Å². The number of nitrogens with one attached hydrogen (secondary N) is 1. The van der Waals surface area contributed by atoms with Crippen molar-refractivity contribution in [3.63, 3.8) is 0 Å². The minimum Gasteiger partial charge on any atom is -0.497 e. The van der Waals surface area contributed by atoms with Gasteiger partial charge in [-0.25, -0.2) is 0 Å². The minimum atomic E-state index is -0.539. The molecule has 126 valence electrons. The van der Waals surface area contributed by atoms with E-state index in [0.717, 1.165) is 0 Å². The highest BCUT2D eigenvalue weighted by Gasteiger charge is 2.29. The van der Waals surface area contributed by atoms with Crippen molar-refractivity contribution in [2.45, 2.75) is 19.9 Å². The summed E-state index contributed by atoms with van der Waals surface area (Å²) in [6.07, 6.45) is 0. The zero-order chi connectivity index (χ0) is 16.8. The molecule has 0 spiro atoms. The number of ether oxygens (including phenoxy) is 2. The molecule has 2 amide bonds. The van der Waals surface area contributed by atoms with E-state index in [4.69, 9.17) is 9.47 Å². The molecule has 0 bridgehead atoms. The number of benzene rings is 1. The second-order valence-corrected chi connectivity index (χ2v) is 5.86. The molecule has 0 saturated carbocycles. The van der Waals surface area contributed by atoms with Crippen molar-refractivity contribution in [2.75, 3.05) is 33.4 Å². The van der Waals surface area contributed by atoms with Gasteiger partial charge in [-0.15, -0.1) is 0 Å². The number of carbonyl (C=O) groups is 2. The van der Waals surface area contributed by atoms with E-state index in [9.17, 15) is 9.59 Å². The molecule has 0 unspecified atom stereocenters. The molecule has 1 aliphatic heterocycles. The van der Waals surface area contributed by atoms with Crippen LogP contribution in [0.5, 0.6) is 5.75 Å². The minimum absolute atomic E-state index is 0.00698. The molecule has 1 saturated heterocycles.